The highest BCUT2D eigenvalue weighted by Crippen LogP contribution is 2.47. The third-order valence-electron chi connectivity index (χ3n) is 7.74. The van der Waals surface area contributed by atoms with Gasteiger partial charge in [0, 0.05) is 38.0 Å². The number of nitrogens with one attached hydrogen (secondary N) is 1. The van der Waals surface area contributed by atoms with Crippen molar-refractivity contribution in [3.63, 3.8) is 0 Å². The van der Waals surface area contributed by atoms with E-state index in [9.17, 15) is 31.2 Å². The first-order valence-corrected chi connectivity index (χ1v) is 12.7. The number of rotatable bonds is 2. The average Bonchev–Trinajstić information content (AvgIpc) is 3.12. The average molecular weight is 486 g/mol. The molecule has 4 fully saturated rings. The lowest BCUT2D eigenvalue weighted by Gasteiger charge is -2.56. The number of amides is 3. The van der Waals surface area contributed by atoms with E-state index >= 15 is 0 Å². The minimum Gasteiger partial charge on any atom is -0.347 e. The molecule has 0 unspecified atom stereocenters. The Morgan fingerprint density at radius 3 is 2.24 bits per heavy atom. The van der Waals surface area contributed by atoms with Gasteiger partial charge in [0.05, 0.1) is 21.2 Å². The summed E-state index contributed by atoms with van der Waals surface area (Å²) >= 11 is 0. The molecule has 3 heterocycles. The van der Waals surface area contributed by atoms with Crippen molar-refractivity contribution >= 4 is 21.8 Å². The first-order valence-electron chi connectivity index (χ1n) is 11.2. The number of carbonyl (C=O) groups is 2. The van der Waals surface area contributed by atoms with Crippen molar-refractivity contribution in [2.75, 3.05) is 26.2 Å². The van der Waals surface area contributed by atoms with Crippen LogP contribution in [0.2, 0.25) is 0 Å². The van der Waals surface area contributed by atoms with Gasteiger partial charge in [-0.3, -0.25) is 4.79 Å². The Morgan fingerprint density at radius 2 is 1.67 bits per heavy atom. The van der Waals surface area contributed by atoms with Gasteiger partial charge >= 0.3 is 12.2 Å². The minimum atomic E-state index is -4.59. The maximum Gasteiger partial charge on any atom is 0.416 e. The SMILES string of the molecule is O=C1CCC2(CN(C(=O)N3CC4(CCC(S(=O)(=O)c5cccc(C(F)(F)F)c5)CC4)C3)C2)N1. The molecule has 3 amide bonds. The number of hydrogen-bond acceptors (Lipinski definition) is 4. The molecule has 1 aromatic carbocycles. The zero-order valence-electron chi connectivity index (χ0n) is 18.0. The summed E-state index contributed by atoms with van der Waals surface area (Å²) in [5.41, 5.74) is -1.33. The van der Waals surface area contributed by atoms with Crippen LogP contribution < -0.4 is 5.32 Å². The summed E-state index contributed by atoms with van der Waals surface area (Å²) in [5, 5.41) is 2.25. The summed E-state index contributed by atoms with van der Waals surface area (Å²) in [6.45, 7) is 2.19. The molecule has 1 aliphatic carbocycles. The second-order valence-electron chi connectivity index (χ2n) is 10.1. The van der Waals surface area contributed by atoms with Crippen LogP contribution in [0.25, 0.3) is 0 Å². The Balaban J connectivity index is 1.15. The van der Waals surface area contributed by atoms with Gasteiger partial charge in [0.2, 0.25) is 5.91 Å². The number of benzene rings is 1. The van der Waals surface area contributed by atoms with E-state index in [2.05, 4.69) is 5.32 Å². The maximum absolute atomic E-state index is 13.0. The summed E-state index contributed by atoms with van der Waals surface area (Å²) in [6.07, 6.45) is -1.34. The third-order valence-corrected chi connectivity index (χ3v) is 10.00. The third kappa shape index (κ3) is 3.87. The van der Waals surface area contributed by atoms with E-state index < -0.39 is 26.8 Å². The van der Waals surface area contributed by atoms with Crippen LogP contribution in [-0.4, -0.2) is 67.1 Å². The lowest BCUT2D eigenvalue weighted by molar-refractivity contribution is -0.137. The number of hydrogen-bond donors (Lipinski definition) is 1. The second-order valence-corrected chi connectivity index (χ2v) is 12.3. The monoisotopic (exact) mass is 485 g/mol. The van der Waals surface area contributed by atoms with Crippen LogP contribution in [0.3, 0.4) is 0 Å². The molecule has 0 atom stereocenters. The van der Waals surface area contributed by atoms with Gasteiger partial charge in [-0.1, -0.05) is 6.07 Å². The second kappa shape index (κ2) is 7.35. The van der Waals surface area contributed by atoms with Crippen LogP contribution in [0.1, 0.15) is 44.1 Å². The molecular formula is C22H26F3N3O4S. The topological polar surface area (TPSA) is 86.8 Å². The fourth-order valence-electron chi connectivity index (χ4n) is 5.80. The molecule has 2 spiro atoms. The number of sulfone groups is 1. The van der Waals surface area contributed by atoms with Crippen molar-refractivity contribution in [1.29, 1.82) is 0 Å². The molecule has 3 saturated heterocycles. The van der Waals surface area contributed by atoms with Gasteiger partial charge in [-0.25, -0.2) is 13.2 Å². The number of alkyl halides is 3. The van der Waals surface area contributed by atoms with Crippen LogP contribution in [-0.2, 0) is 20.8 Å². The summed E-state index contributed by atoms with van der Waals surface area (Å²) in [7, 11) is -3.86. The van der Waals surface area contributed by atoms with E-state index in [0.29, 0.717) is 58.3 Å². The van der Waals surface area contributed by atoms with Gasteiger partial charge in [-0.05, 0) is 50.3 Å². The highest BCUT2D eigenvalue weighted by molar-refractivity contribution is 7.92. The maximum atomic E-state index is 13.0. The fourth-order valence-corrected chi connectivity index (χ4v) is 7.60. The zero-order chi connectivity index (χ0) is 23.6. The molecule has 5 rings (SSSR count). The Bertz CT molecular complexity index is 1080. The van der Waals surface area contributed by atoms with E-state index in [1.807, 2.05) is 0 Å². The molecule has 1 saturated carbocycles. The van der Waals surface area contributed by atoms with Crippen LogP contribution in [0, 0.1) is 5.41 Å². The molecular weight excluding hydrogens is 459 g/mol. The number of nitrogens with zero attached hydrogens (tertiary/aromatic N) is 2. The smallest absolute Gasteiger partial charge is 0.347 e. The van der Waals surface area contributed by atoms with Gasteiger partial charge in [0.15, 0.2) is 9.84 Å². The molecule has 180 valence electrons. The number of carbonyl (C=O) groups excluding carboxylic acids is 2. The lowest BCUT2D eigenvalue weighted by atomic mass is 9.68. The molecule has 11 heteroatoms. The molecule has 0 aromatic heterocycles. The summed E-state index contributed by atoms with van der Waals surface area (Å²) in [5.74, 6) is 0.0295. The highest BCUT2D eigenvalue weighted by atomic mass is 32.2. The van der Waals surface area contributed by atoms with Crippen molar-refractivity contribution in [3.8, 4) is 0 Å². The normalized spacial score (nSPS) is 24.5. The van der Waals surface area contributed by atoms with Crippen molar-refractivity contribution in [1.82, 2.24) is 15.1 Å². The molecule has 33 heavy (non-hydrogen) atoms. The van der Waals surface area contributed by atoms with Gasteiger partial charge in [-0.15, -0.1) is 0 Å². The first kappa shape index (κ1) is 22.5. The Hall–Kier alpha value is -2.30. The largest absolute Gasteiger partial charge is 0.416 e. The van der Waals surface area contributed by atoms with Gasteiger partial charge in [0.1, 0.15) is 0 Å². The van der Waals surface area contributed by atoms with Crippen LogP contribution >= 0.6 is 0 Å². The van der Waals surface area contributed by atoms with Gasteiger partial charge in [0.25, 0.3) is 0 Å². The molecule has 0 radical (unpaired) electrons. The zero-order valence-corrected chi connectivity index (χ0v) is 18.8. The number of likely N-dealkylation sites (tertiary alicyclic amines) is 2. The fraction of sp³-hybridized carbons (Fsp3) is 0.636. The van der Waals surface area contributed by atoms with E-state index in [1.54, 1.807) is 9.80 Å². The molecule has 7 nitrogen and oxygen atoms in total. The molecule has 1 N–H and O–H groups in total. The Morgan fingerprint density at radius 1 is 1.03 bits per heavy atom. The van der Waals surface area contributed by atoms with Gasteiger partial charge < -0.3 is 15.1 Å². The first-order chi connectivity index (χ1) is 15.4. The standard InChI is InChI=1S/C22H26F3N3O4S/c23-22(24,25)15-2-1-3-17(10-15)33(31,32)16-4-7-20(8-5-16)11-27(12-20)19(30)28-13-21(14-28)9-6-18(29)26-21/h1-3,10,16H,4-9,11-14H2,(H,26,29). The highest BCUT2D eigenvalue weighted by Gasteiger charge is 2.54. The van der Waals surface area contributed by atoms with Crippen molar-refractivity contribution in [3.05, 3.63) is 29.8 Å². The number of urea groups is 1. The van der Waals surface area contributed by atoms with Crippen molar-refractivity contribution < 1.29 is 31.2 Å². The van der Waals surface area contributed by atoms with E-state index in [4.69, 9.17) is 0 Å². The summed E-state index contributed by atoms with van der Waals surface area (Å²) in [6, 6.07) is 3.90. The minimum absolute atomic E-state index is 0.0295. The van der Waals surface area contributed by atoms with Crippen molar-refractivity contribution in [2.45, 2.75) is 60.4 Å². The van der Waals surface area contributed by atoms with E-state index in [0.717, 1.165) is 24.6 Å². The molecule has 0 bridgehead atoms. The quantitative estimate of drug-likeness (QED) is 0.698. The van der Waals surface area contributed by atoms with Crippen LogP contribution in [0.5, 0.6) is 0 Å². The van der Waals surface area contributed by atoms with E-state index in [1.165, 1.54) is 6.07 Å². The van der Waals surface area contributed by atoms with Crippen molar-refractivity contribution in [2.24, 2.45) is 5.41 Å². The van der Waals surface area contributed by atoms with Crippen LogP contribution in [0.4, 0.5) is 18.0 Å². The molecule has 4 aliphatic rings. The molecule has 3 aliphatic heterocycles. The van der Waals surface area contributed by atoms with E-state index in [-0.39, 0.29) is 27.8 Å². The molecule has 1 aromatic rings. The van der Waals surface area contributed by atoms with Crippen LogP contribution in [0.15, 0.2) is 29.2 Å². The Kier molecular flexibility index (Phi) is 5.01. The number of halogens is 3. The predicted octanol–water partition coefficient (Wildman–Crippen LogP) is 2.81. The Labute approximate surface area is 190 Å². The summed E-state index contributed by atoms with van der Waals surface area (Å²) < 4.78 is 64.9. The predicted molar refractivity (Wildman–Crippen MR) is 112 cm³/mol. The van der Waals surface area contributed by atoms with Gasteiger partial charge in [-0.2, -0.15) is 13.2 Å². The lowest BCUT2D eigenvalue weighted by Crippen LogP contribution is -2.72. The summed E-state index contributed by atoms with van der Waals surface area (Å²) in [4.78, 5) is 27.4.